The molecule has 54 valence electrons. The third kappa shape index (κ3) is 2.63. The van der Waals surface area contributed by atoms with E-state index < -0.39 is 13.0 Å². The molecule has 0 saturated heterocycles. The first kappa shape index (κ1) is 8.66. The summed E-state index contributed by atoms with van der Waals surface area (Å²) in [4.78, 5) is 10.2. The summed E-state index contributed by atoms with van der Waals surface area (Å²) in [5.74, 6) is 0. The van der Waals surface area contributed by atoms with Crippen molar-refractivity contribution in [3.05, 3.63) is 0 Å². The molecule has 0 rings (SSSR count). The highest BCUT2D eigenvalue weighted by Gasteiger charge is 2.22. The maximum Gasteiger partial charge on any atom is 0.302 e. The van der Waals surface area contributed by atoms with Gasteiger partial charge >= 0.3 is 5.65 Å². The Labute approximate surface area is 53.8 Å². The number of carbonyl (C=O) groups is 1. The van der Waals surface area contributed by atoms with E-state index in [2.05, 4.69) is 4.52 Å². The van der Waals surface area contributed by atoms with Crippen LogP contribution in [-0.2, 0) is 9.09 Å². The van der Waals surface area contributed by atoms with E-state index in [4.69, 9.17) is 5.73 Å². The summed E-state index contributed by atoms with van der Waals surface area (Å²) in [5, 5.41) is 0. The first-order valence-electron chi connectivity index (χ1n) is 2.52. The van der Waals surface area contributed by atoms with Crippen LogP contribution in [0.15, 0.2) is 0 Å². The molecule has 1 atom stereocenters. The van der Waals surface area contributed by atoms with Crippen LogP contribution >= 0.6 is 7.37 Å². The van der Waals surface area contributed by atoms with Crippen molar-refractivity contribution in [2.24, 2.45) is 5.73 Å². The topological polar surface area (TPSA) is 69.4 Å². The highest BCUT2D eigenvalue weighted by molar-refractivity contribution is 7.75. The molecule has 0 spiro atoms. The van der Waals surface area contributed by atoms with E-state index in [-0.39, 0.29) is 6.61 Å². The number of hydrogen-bond acceptors (Lipinski definition) is 3. The Morgan fingerprint density at radius 2 is 2.22 bits per heavy atom. The molecule has 9 heavy (non-hydrogen) atoms. The Morgan fingerprint density at radius 3 is 2.33 bits per heavy atom. The molecular weight excluding hydrogens is 141 g/mol. The van der Waals surface area contributed by atoms with Crippen LogP contribution < -0.4 is 5.73 Å². The van der Waals surface area contributed by atoms with Crippen LogP contribution in [0.25, 0.3) is 0 Å². The molecule has 0 heterocycles. The normalized spacial score (nSPS) is 16.7. The fourth-order valence-corrected chi connectivity index (χ4v) is 0.930. The SMILES string of the molecule is CCOP(C)(=O)C(N)=O. The summed E-state index contributed by atoms with van der Waals surface area (Å²) in [6, 6.07) is 0. The highest BCUT2D eigenvalue weighted by Crippen LogP contribution is 2.41. The number of rotatable bonds is 3. The molecule has 0 aliphatic rings. The quantitative estimate of drug-likeness (QED) is 0.612. The lowest BCUT2D eigenvalue weighted by atomic mass is 10.9. The minimum atomic E-state index is -3.13. The van der Waals surface area contributed by atoms with E-state index in [1.54, 1.807) is 6.92 Å². The lowest BCUT2D eigenvalue weighted by Gasteiger charge is -2.05. The number of hydrogen-bond donors (Lipinski definition) is 1. The molecular formula is C4H10NO3P. The van der Waals surface area contributed by atoms with Gasteiger partial charge in [0.15, 0.2) is 0 Å². The molecule has 1 unspecified atom stereocenters. The Kier molecular flexibility index (Phi) is 2.88. The second kappa shape index (κ2) is 2.99. The Hall–Kier alpha value is -0.340. The fraction of sp³-hybridized carbons (Fsp3) is 0.750. The van der Waals surface area contributed by atoms with E-state index in [1.807, 2.05) is 0 Å². The molecule has 1 amide bonds. The third-order valence-corrected chi connectivity index (χ3v) is 2.33. The van der Waals surface area contributed by atoms with Crippen LogP contribution in [0.5, 0.6) is 0 Å². The van der Waals surface area contributed by atoms with Gasteiger partial charge < -0.3 is 10.3 Å². The van der Waals surface area contributed by atoms with Crippen molar-refractivity contribution in [2.45, 2.75) is 6.92 Å². The van der Waals surface area contributed by atoms with Crippen molar-refractivity contribution in [3.63, 3.8) is 0 Å². The van der Waals surface area contributed by atoms with Gasteiger partial charge in [0.2, 0.25) is 0 Å². The van der Waals surface area contributed by atoms with Gasteiger partial charge in [-0.3, -0.25) is 9.36 Å². The summed E-state index contributed by atoms with van der Waals surface area (Å²) < 4.78 is 15.4. The lowest BCUT2D eigenvalue weighted by molar-refractivity contribution is 0.257. The van der Waals surface area contributed by atoms with E-state index in [0.717, 1.165) is 0 Å². The lowest BCUT2D eigenvalue weighted by Crippen LogP contribution is -2.10. The minimum Gasteiger partial charge on any atom is -0.361 e. The summed E-state index contributed by atoms with van der Waals surface area (Å²) in [6.45, 7) is 3.11. The second-order valence-electron chi connectivity index (χ2n) is 1.60. The first-order chi connectivity index (χ1) is 4.00. The second-order valence-corrected chi connectivity index (χ2v) is 3.99. The molecule has 2 N–H and O–H groups in total. The Morgan fingerprint density at radius 1 is 1.78 bits per heavy atom. The standard InChI is InChI=1S/C4H10NO3P/c1-3-8-9(2,7)4(5)6/h3H2,1-2H3,(H2,5,6). The summed E-state index contributed by atoms with van der Waals surface area (Å²) in [6.07, 6.45) is 0. The van der Waals surface area contributed by atoms with Gasteiger partial charge in [-0.1, -0.05) is 0 Å². The average molecular weight is 151 g/mol. The fourth-order valence-electron chi connectivity index (χ4n) is 0.310. The number of primary amides is 1. The van der Waals surface area contributed by atoms with Crippen LogP contribution in [-0.4, -0.2) is 18.9 Å². The van der Waals surface area contributed by atoms with E-state index >= 15 is 0 Å². The molecule has 0 aromatic carbocycles. The number of amides is 1. The van der Waals surface area contributed by atoms with Crippen molar-refractivity contribution in [1.29, 1.82) is 0 Å². The van der Waals surface area contributed by atoms with Gasteiger partial charge in [0.25, 0.3) is 7.37 Å². The van der Waals surface area contributed by atoms with Gasteiger partial charge in [0.1, 0.15) is 0 Å². The highest BCUT2D eigenvalue weighted by atomic mass is 31.2. The molecule has 0 fully saturated rings. The molecule has 0 radical (unpaired) electrons. The van der Waals surface area contributed by atoms with Crippen molar-refractivity contribution in [1.82, 2.24) is 0 Å². The first-order valence-corrected chi connectivity index (χ1v) is 4.60. The van der Waals surface area contributed by atoms with Crippen molar-refractivity contribution < 1.29 is 13.9 Å². The van der Waals surface area contributed by atoms with Gasteiger partial charge in [-0.15, -0.1) is 0 Å². The summed E-state index contributed by atoms with van der Waals surface area (Å²) in [5.41, 5.74) is 3.86. The maximum absolute atomic E-state index is 10.8. The van der Waals surface area contributed by atoms with Gasteiger partial charge in [-0.05, 0) is 6.92 Å². The predicted molar refractivity (Wildman–Crippen MR) is 34.7 cm³/mol. The Balaban J connectivity index is 4.04. The van der Waals surface area contributed by atoms with Crippen LogP contribution in [0.3, 0.4) is 0 Å². The van der Waals surface area contributed by atoms with Gasteiger partial charge in [0.05, 0.1) is 6.61 Å². The maximum atomic E-state index is 10.8. The summed E-state index contributed by atoms with van der Waals surface area (Å²) in [7, 11) is -3.13. The molecule has 0 aromatic heterocycles. The van der Waals surface area contributed by atoms with Gasteiger partial charge in [-0.25, -0.2) is 0 Å². The molecule has 0 saturated carbocycles. The molecule has 0 aliphatic carbocycles. The average Bonchev–Trinajstić information content (AvgIpc) is 1.65. The van der Waals surface area contributed by atoms with Crippen molar-refractivity contribution >= 4 is 13.0 Å². The third-order valence-electron chi connectivity index (χ3n) is 0.776. The number of nitrogens with two attached hydrogens (primary N) is 1. The van der Waals surface area contributed by atoms with Crippen molar-refractivity contribution in [3.8, 4) is 0 Å². The molecule has 0 aromatic rings. The van der Waals surface area contributed by atoms with E-state index in [0.29, 0.717) is 0 Å². The zero-order chi connectivity index (χ0) is 7.49. The predicted octanol–water partition coefficient (Wildman–Crippen LogP) is 1.01. The van der Waals surface area contributed by atoms with Gasteiger partial charge in [0, 0.05) is 6.66 Å². The zero-order valence-corrected chi connectivity index (χ0v) is 6.35. The molecule has 0 bridgehead atoms. The Bertz CT molecular complexity index is 156. The van der Waals surface area contributed by atoms with Crippen LogP contribution in [0, 0.1) is 0 Å². The van der Waals surface area contributed by atoms with E-state index in [9.17, 15) is 9.36 Å². The zero-order valence-electron chi connectivity index (χ0n) is 5.46. The van der Waals surface area contributed by atoms with Gasteiger partial charge in [-0.2, -0.15) is 0 Å². The van der Waals surface area contributed by atoms with Crippen LogP contribution in [0.2, 0.25) is 0 Å². The molecule has 5 heteroatoms. The van der Waals surface area contributed by atoms with E-state index in [1.165, 1.54) is 6.66 Å². The largest absolute Gasteiger partial charge is 0.361 e. The van der Waals surface area contributed by atoms with Crippen molar-refractivity contribution in [2.75, 3.05) is 13.3 Å². The smallest absolute Gasteiger partial charge is 0.302 e. The molecule has 0 aliphatic heterocycles. The van der Waals surface area contributed by atoms with Crippen LogP contribution in [0.4, 0.5) is 4.79 Å². The number of carbonyl (C=O) groups excluding carboxylic acids is 1. The monoisotopic (exact) mass is 151 g/mol. The minimum absolute atomic E-state index is 0.247. The summed E-state index contributed by atoms with van der Waals surface area (Å²) >= 11 is 0. The molecule has 4 nitrogen and oxygen atoms in total. The van der Waals surface area contributed by atoms with Crippen LogP contribution in [0.1, 0.15) is 6.92 Å².